The van der Waals surface area contributed by atoms with Crippen molar-refractivity contribution in [2.75, 3.05) is 20.8 Å². The Bertz CT molecular complexity index is 1180. The summed E-state index contributed by atoms with van der Waals surface area (Å²) in [4.78, 5) is 16.6. The van der Waals surface area contributed by atoms with Crippen LogP contribution < -0.4 is 14.8 Å². The van der Waals surface area contributed by atoms with Crippen LogP contribution in [0.5, 0.6) is 11.5 Å². The highest BCUT2D eigenvalue weighted by Gasteiger charge is 2.25. The molecule has 0 saturated carbocycles. The maximum atomic E-state index is 12.7. The van der Waals surface area contributed by atoms with Crippen LogP contribution in [0.15, 0.2) is 48.7 Å². The van der Waals surface area contributed by atoms with Crippen LogP contribution in [0.25, 0.3) is 10.9 Å². The van der Waals surface area contributed by atoms with Crippen LogP contribution >= 0.6 is 11.5 Å². The van der Waals surface area contributed by atoms with Crippen LogP contribution in [0.2, 0.25) is 0 Å². The number of aryl methyl sites for hydroxylation is 1. The Labute approximate surface area is 178 Å². The van der Waals surface area contributed by atoms with E-state index in [9.17, 15) is 4.79 Å². The number of nitrogens with zero attached hydrogens (tertiary/aromatic N) is 2. The number of methoxy groups -OCH3 is 2. The summed E-state index contributed by atoms with van der Waals surface area (Å²) in [6, 6.07) is 13.9. The van der Waals surface area contributed by atoms with Gasteiger partial charge in [0.05, 0.1) is 19.9 Å². The first-order valence-electron chi connectivity index (χ1n) is 9.48. The first kappa shape index (κ1) is 19.9. The van der Waals surface area contributed by atoms with Gasteiger partial charge in [-0.25, -0.2) is 0 Å². The number of aromatic nitrogens is 3. The van der Waals surface area contributed by atoms with E-state index >= 15 is 0 Å². The molecule has 0 saturated heterocycles. The molecule has 2 aromatic carbocycles. The lowest BCUT2D eigenvalue weighted by Crippen LogP contribution is -2.29. The van der Waals surface area contributed by atoms with Gasteiger partial charge in [0, 0.05) is 35.1 Å². The molecule has 7 nitrogen and oxygen atoms in total. The van der Waals surface area contributed by atoms with Crippen molar-refractivity contribution in [3.63, 3.8) is 0 Å². The largest absolute Gasteiger partial charge is 0.493 e. The van der Waals surface area contributed by atoms with E-state index in [2.05, 4.69) is 26.0 Å². The van der Waals surface area contributed by atoms with Gasteiger partial charge in [-0.3, -0.25) is 4.79 Å². The van der Waals surface area contributed by atoms with E-state index in [4.69, 9.17) is 9.47 Å². The summed E-state index contributed by atoms with van der Waals surface area (Å²) in [6.45, 7) is 2.15. The Hall–Kier alpha value is -3.39. The van der Waals surface area contributed by atoms with Crippen LogP contribution in [0, 0.1) is 6.92 Å². The fraction of sp³-hybridized carbons (Fsp3) is 0.227. The average Bonchev–Trinajstić information content (AvgIpc) is 3.40. The number of carbonyl (C=O) groups excluding carboxylic acids is 1. The quantitative estimate of drug-likeness (QED) is 0.471. The molecule has 1 amide bonds. The lowest BCUT2D eigenvalue weighted by Gasteiger charge is -2.21. The fourth-order valence-electron chi connectivity index (χ4n) is 3.67. The molecule has 4 rings (SSSR count). The third-order valence-electron chi connectivity index (χ3n) is 5.13. The number of H-pyrrole nitrogens is 1. The van der Waals surface area contributed by atoms with Crippen molar-refractivity contribution in [1.82, 2.24) is 19.9 Å². The molecule has 30 heavy (non-hydrogen) atoms. The standard InChI is InChI=1S/C22H22N4O3S/c1-13-21(30-26-25-13)22(27)24-12-17(15-8-6-10-19(28-2)20(15)29-3)16-11-23-18-9-5-4-7-14(16)18/h4-11,17,23H,12H2,1-3H3,(H,24,27). The number of benzene rings is 2. The Balaban J connectivity index is 1.76. The number of ether oxygens (including phenoxy) is 2. The van der Waals surface area contributed by atoms with Crippen LogP contribution in [0.3, 0.4) is 0 Å². The predicted molar refractivity (Wildman–Crippen MR) is 117 cm³/mol. The van der Waals surface area contributed by atoms with Crippen molar-refractivity contribution in [2.45, 2.75) is 12.8 Å². The smallest absolute Gasteiger partial charge is 0.264 e. The molecule has 0 radical (unpaired) electrons. The number of hydrogen-bond donors (Lipinski definition) is 2. The van der Waals surface area contributed by atoms with E-state index in [0.717, 1.165) is 33.6 Å². The van der Waals surface area contributed by atoms with Gasteiger partial charge in [-0.15, -0.1) is 5.10 Å². The summed E-state index contributed by atoms with van der Waals surface area (Å²) in [5.41, 5.74) is 3.66. The molecule has 1 unspecified atom stereocenters. The van der Waals surface area contributed by atoms with Gasteiger partial charge in [0.15, 0.2) is 11.5 Å². The zero-order valence-electron chi connectivity index (χ0n) is 16.9. The average molecular weight is 423 g/mol. The lowest BCUT2D eigenvalue weighted by molar-refractivity contribution is 0.0955. The van der Waals surface area contributed by atoms with E-state index < -0.39 is 0 Å². The lowest BCUT2D eigenvalue weighted by atomic mass is 9.89. The topological polar surface area (TPSA) is 89.1 Å². The molecule has 0 bridgehead atoms. The number of fused-ring (bicyclic) bond motifs is 1. The van der Waals surface area contributed by atoms with Crippen molar-refractivity contribution in [2.24, 2.45) is 0 Å². The third-order valence-corrected chi connectivity index (χ3v) is 5.96. The van der Waals surface area contributed by atoms with Gasteiger partial charge in [0.1, 0.15) is 4.88 Å². The SMILES string of the molecule is COc1cccc(C(CNC(=O)c2snnc2C)c2c[nH]c3ccccc23)c1OC. The van der Waals surface area contributed by atoms with Crippen molar-refractivity contribution in [3.05, 3.63) is 70.4 Å². The zero-order valence-corrected chi connectivity index (χ0v) is 17.7. The summed E-state index contributed by atoms with van der Waals surface area (Å²) < 4.78 is 15.0. The monoisotopic (exact) mass is 422 g/mol. The molecule has 0 aliphatic rings. The summed E-state index contributed by atoms with van der Waals surface area (Å²) >= 11 is 1.09. The van der Waals surface area contributed by atoms with Gasteiger partial charge in [0.25, 0.3) is 5.91 Å². The van der Waals surface area contributed by atoms with Gasteiger partial charge in [-0.05, 0) is 36.2 Å². The molecule has 2 heterocycles. The Kier molecular flexibility index (Phi) is 5.67. The first-order valence-corrected chi connectivity index (χ1v) is 10.3. The molecule has 2 N–H and O–H groups in total. The van der Waals surface area contributed by atoms with Gasteiger partial charge in [-0.2, -0.15) is 0 Å². The number of hydrogen-bond acceptors (Lipinski definition) is 6. The molecule has 8 heteroatoms. The molecule has 4 aromatic rings. The minimum Gasteiger partial charge on any atom is -0.493 e. The summed E-state index contributed by atoms with van der Waals surface area (Å²) in [5, 5.41) is 8.07. The number of amides is 1. The Morgan fingerprint density at radius 3 is 2.70 bits per heavy atom. The molecule has 0 aliphatic heterocycles. The second-order valence-electron chi connectivity index (χ2n) is 6.82. The van der Waals surface area contributed by atoms with E-state index in [-0.39, 0.29) is 11.8 Å². The van der Waals surface area contributed by atoms with Crippen LogP contribution in [-0.2, 0) is 0 Å². The number of carbonyl (C=O) groups is 1. The highest BCUT2D eigenvalue weighted by Crippen LogP contribution is 2.40. The highest BCUT2D eigenvalue weighted by molar-refractivity contribution is 7.08. The van der Waals surface area contributed by atoms with Crippen molar-refractivity contribution in [1.29, 1.82) is 0 Å². The zero-order chi connectivity index (χ0) is 21.1. The molecular formula is C22H22N4O3S. The van der Waals surface area contributed by atoms with Crippen LogP contribution in [0.1, 0.15) is 32.4 Å². The summed E-state index contributed by atoms with van der Waals surface area (Å²) in [6.07, 6.45) is 1.99. The molecule has 154 valence electrons. The van der Waals surface area contributed by atoms with Crippen LogP contribution in [0.4, 0.5) is 0 Å². The molecule has 0 fully saturated rings. The van der Waals surface area contributed by atoms with Gasteiger partial charge < -0.3 is 19.8 Å². The van der Waals surface area contributed by atoms with Crippen LogP contribution in [-0.4, -0.2) is 41.2 Å². The van der Waals surface area contributed by atoms with E-state index in [1.165, 1.54) is 0 Å². The van der Waals surface area contributed by atoms with Gasteiger partial charge in [-0.1, -0.05) is 34.8 Å². The fourth-order valence-corrected chi connectivity index (χ4v) is 4.24. The molecule has 2 aromatic heterocycles. The molecule has 0 aliphatic carbocycles. The maximum absolute atomic E-state index is 12.7. The number of nitrogens with one attached hydrogen (secondary N) is 2. The van der Waals surface area contributed by atoms with Crippen molar-refractivity contribution >= 4 is 28.3 Å². The Morgan fingerprint density at radius 1 is 1.13 bits per heavy atom. The normalized spacial score (nSPS) is 12.0. The minimum absolute atomic E-state index is 0.156. The van der Waals surface area contributed by atoms with E-state index in [0.29, 0.717) is 28.6 Å². The number of aromatic amines is 1. The van der Waals surface area contributed by atoms with Crippen molar-refractivity contribution in [3.8, 4) is 11.5 Å². The summed E-state index contributed by atoms with van der Waals surface area (Å²) in [5.74, 6) is 0.958. The van der Waals surface area contributed by atoms with Crippen molar-refractivity contribution < 1.29 is 14.3 Å². The van der Waals surface area contributed by atoms with Gasteiger partial charge in [0.2, 0.25) is 0 Å². The van der Waals surface area contributed by atoms with E-state index in [1.54, 1.807) is 21.1 Å². The van der Waals surface area contributed by atoms with E-state index in [1.807, 2.05) is 42.6 Å². The molecule has 0 spiro atoms. The maximum Gasteiger partial charge on any atom is 0.264 e. The number of rotatable bonds is 7. The third kappa shape index (κ3) is 3.61. The molecular weight excluding hydrogens is 400 g/mol. The minimum atomic E-state index is -0.186. The highest BCUT2D eigenvalue weighted by atomic mass is 32.1. The molecule has 1 atom stereocenters. The summed E-state index contributed by atoms with van der Waals surface area (Å²) in [7, 11) is 3.24. The number of para-hydroxylation sites is 2. The second-order valence-corrected chi connectivity index (χ2v) is 7.58. The first-order chi connectivity index (χ1) is 14.6. The second kappa shape index (κ2) is 8.54. The predicted octanol–water partition coefficient (Wildman–Crippen LogP) is 3.91. The Morgan fingerprint density at radius 2 is 1.97 bits per heavy atom. The van der Waals surface area contributed by atoms with Gasteiger partial charge >= 0.3 is 0 Å².